The molecule has 1 heterocycles. The molecular formula is C16H22N2. The Morgan fingerprint density at radius 3 is 2.33 bits per heavy atom. The molecule has 18 heavy (non-hydrogen) atoms. The number of nitrogens with zero attached hydrogens (tertiary/aromatic N) is 1. The van der Waals surface area contributed by atoms with Crippen molar-refractivity contribution in [2.45, 2.75) is 26.4 Å². The van der Waals surface area contributed by atoms with Crippen molar-refractivity contribution in [3.05, 3.63) is 59.9 Å². The van der Waals surface area contributed by atoms with Crippen molar-refractivity contribution < 1.29 is 0 Å². The summed E-state index contributed by atoms with van der Waals surface area (Å²) in [5.41, 5.74) is 2.68. The highest BCUT2D eigenvalue weighted by Gasteiger charge is 2.14. The topological polar surface area (TPSA) is 17.0 Å². The van der Waals surface area contributed by atoms with Gasteiger partial charge >= 0.3 is 0 Å². The summed E-state index contributed by atoms with van der Waals surface area (Å²) in [4.78, 5) is 0. The summed E-state index contributed by atoms with van der Waals surface area (Å²) in [6.45, 7) is 5.42. The van der Waals surface area contributed by atoms with Gasteiger partial charge in [0, 0.05) is 31.5 Å². The third-order valence-electron chi connectivity index (χ3n) is 3.38. The number of hydrogen-bond donors (Lipinski definition) is 1. The van der Waals surface area contributed by atoms with Crippen LogP contribution >= 0.6 is 0 Å². The van der Waals surface area contributed by atoms with Crippen molar-refractivity contribution in [2.75, 3.05) is 0 Å². The second kappa shape index (κ2) is 5.87. The third-order valence-corrected chi connectivity index (χ3v) is 3.38. The first-order valence-corrected chi connectivity index (χ1v) is 6.57. The van der Waals surface area contributed by atoms with Crippen LogP contribution in [0.3, 0.4) is 0 Å². The maximum Gasteiger partial charge on any atom is 0.0364 e. The van der Waals surface area contributed by atoms with Crippen molar-refractivity contribution in [1.82, 2.24) is 9.88 Å². The molecule has 0 amide bonds. The Morgan fingerprint density at radius 2 is 1.78 bits per heavy atom. The summed E-state index contributed by atoms with van der Waals surface area (Å²) >= 11 is 0. The summed E-state index contributed by atoms with van der Waals surface area (Å²) in [7, 11) is 2.09. The molecule has 0 radical (unpaired) electrons. The van der Waals surface area contributed by atoms with Crippen LogP contribution in [-0.4, -0.2) is 4.57 Å². The van der Waals surface area contributed by atoms with Crippen LogP contribution in [0.5, 0.6) is 0 Å². The Balaban J connectivity index is 2.06. The van der Waals surface area contributed by atoms with Crippen molar-refractivity contribution in [3.8, 4) is 0 Å². The Kier molecular flexibility index (Phi) is 4.21. The molecule has 1 aromatic heterocycles. The van der Waals surface area contributed by atoms with E-state index >= 15 is 0 Å². The minimum atomic E-state index is 0.404. The number of aryl methyl sites for hydroxylation is 1. The molecule has 1 aromatic carbocycles. The highest BCUT2D eigenvalue weighted by Crippen LogP contribution is 2.21. The lowest BCUT2D eigenvalue weighted by Gasteiger charge is -2.23. The zero-order valence-electron chi connectivity index (χ0n) is 11.4. The van der Waals surface area contributed by atoms with E-state index in [4.69, 9.17) is 0 Å². The first kappa shape index (κ1) is 12.9. The van der Waals surface area contributed by atoms with Crippen LogP contribution in [0.1, 0.15) is 31.1 Å². The number of benzene rings is 1. The standard InChI is InChI=1S/C16H22N2/c1-13(2)16(14-8-5-4-6-9-14)17-12-15-10-7-11-18(15)3/h4-11,13,16-17H,12H2,1-3H3. The fourth-order valence-corrected chi connectivity index (χ4v) is 2.29. The summed E-state index contributed by atoms with van der Waals surface area (Å²) < 4.78 is 2.16. The zero-order valence-corrected chi connectivity index (χ0v) is 11.4. The molecule has 0 saturated carbocycles. The fourth-order valence-electron chi connectivity index (χ4n) is 2.29. The second-order valence-electron chi connectivity index (χ2n) is 5.12. The van der Waals surface area contributed by atoms with E-state index in [-0.39, 0.29) is 0 Å². The van der Waals surface area contributed by atoms with E-state index in [0.717, 1.165) is 6.54 Å². The lowest BCUT2D eigenvalue weighted by molar-refractivity contribution is 0.406. The molecule has 2 aromatic rings. The predicted octanol–water partition coefficient (Wildman–Crippen LogP) is 3.51. The van der Waals surface area contributed by atoms with Crippen molar-refractivity contribution in [1.29, 1.82) is 0 Å². The van der Waals surface area contributed by atoms with Crippen LogP contribution in [-0.2, 0) is 13.6 Å². The maximum absolute atomic E-state index is 3.66. The molecule has 0 aliphatic carbocycles. The van der Waals surface area contributed by atoms with Gasteiger partial charge in [0.1, 0.15) is 0 Å². The molecule has 2 nitrogen and oxygen atoms in total. The SMILES string of the molecule is CC(C)C(NCc1cccn1C)c1ccccc1. The molecule has 96 valence electrons. The second-order valence-corrected chi connectivity index (χ2v) is 5.12. The van der Waals surface area contributed by atoms with Gasteiger partial charge < -0.3 is 9.88 Å². The summed E-state index contributed by atoms with van der Waals surface area (Å²) in [6, 6.07) is 15.3. The Labute approximate surface area is 110 Å². The first-order valence-electron chi connectivity index (χ1n) is 6.57. The lowest BCUT2D eigenvalue weighted by Crippen LogP contribution is -2.26. The van der Waals surface area contributed by atoms with Gasteiger partial charge in [0.2, 0.25) is 0 Å². The van der Waals surface area contributed by atoms with E-state index < -0.39 is 0 Å². The van der Waals surface area contributed by atoms with E-state index in [0.29, 0.717) is 12.0 Å². The molecule has 2 heteroatoms. The van der Waals surface area contributed by atoms with Crippen LogP contribution in [0, 0.1) is 5.92 Å². The molecule has 0 spiro atoms. The molecule has 0 fully saturated rings. The van der Waals surface area contributed by atoms with Crippen LogP contribution in [0.2, 0.25) is 0 Å². The Bertz CT molecular complexity index is 471. The molecule has 1 atom stereocenters. The largest absolute Gasteiger partial charge is 0.353 e. The summed E-state index contributed by atoms with van der Waals surface area (Å²) in [5, 5.41) is 3.66. The zero-order chi connectivity index (χ0) is 13.0. The molecule has 0 bridgehead atoms. The number of hydrogen-bond acceptors (Lipinski definition) is 1. The molecule has 0 aliphatic rings. The Morgan fingerprint density at radius 1 is 1.06 bits per heavy atom. The molecule has 1 unspecified atom stereocenters. The minimum absolute atomic E-state index is 0.404. The molecule has 2 rings (SSSR count). The monoisotopic (exact) mass is 242 g/mol. The van der Waals surface area contributed by atoms with Gasteiger partial charge in [-0.2, -0.15) is 0 Å². The van der Waals surface area contributed by atoms with Gasteiger partial charge in [0.25, 0.3) is 0 Å². The fraction of sp³-hybridized carbons (Fsp3) is 0.375. The highest BCUT2D eigenvalue weighted by molar-refractivity contribution is 5.19. The van der Waals surface area contributed by atoms with Crippen LogP contribution < -0.4 is 5.32 Å². The van der Waals surface area contributed by atoms with E-state index in [1.165, 1.54) is 11.3 Å². The van der Waals surface area contributed by atoms with Gasteiger partial charge in [-0.1, -0.05) is 44.2 Å². The van der Waals surface area contributed by atoms with Crippen molar-refractivity contribution >= 4 is 0 Å². The normalized spacial score (nSPS) is 12.9. The smallest absolute Gasteiger partial charge is 0.0364 e. The van der Waals surface area contributed by atoms with Crippen LogP contribution in [0.4, 0.5) is 0 Å². The molecule has 0 saturated heterocycles. The Hall–Kier alpha value is -1.54. The third kappa shape index (κ3) is 3.02. The van der Waals surface area contributed by atoms with Gasteiger partial charge in [0.05, 0.1) is 0 Å². The van der Waals surface area contributed by atoms with Crippen molar-refractivity contribution in [3.63, 3.8) is 0 Å². The maximum atomic E-state index is 3.66. The average Bonchev–Trinajstić information content (AvgIpc) is 2.76. The highest BCUT2D eigenvalue weighted by atomic mass is 15.0. The predicted molar refractivity (Wildman–Crippen MR) is 76.3 cm³/mol. The van der Waals surface area contributed by atoms with E-state index in [9.17, 15) is 0 Å². The summed E-state index contributed by atoms with van der Waals surface area (Å²) in [5.74, 6) is 0.577. The lowest BCUT2D eigenvalue weighted by atomic mass is 9.96. The van der Waals surface area contributed by atoms with Gasteiger partial charge in [-0.05, 0) is 23.6 Å². The van der Waals surface area contributed by atoms with Gasteiger partial charge in [0.15, 0.2) is 0 Å². The minimum Gasteiger partial charge on any atom is -0.353 e. The van der Waals surface area contributed by atoms with Crippen LogP contribution in [0.15, 0.2) is 48.7 Å². The van der Waals surface area contributed by atoms with E-state index in [1.807, 2.05) is 0 Å². The van der Waals surface area contributed by atoms with E-state index in [1.54, 1.807) is 0 Å². The first-order chi connectivity index (χ1) is 8.68. The van der Waals surface area contributed by atoms with Gasteiger partial charge in [-0.15, -0.1) is 0 Å². The number of rotatable bonds is 5. The number of nitrogens with one attached hydrogen (secondary N) is 1. The van der Waals surface area contributed by atoms with Gasteiger partial charge in [-0.3, -0.25) is 0 Å². The summed E-state index contributed by atoms with van der Waals surface area (Å²) in [6.07, 6.45) is 2.09. The number of aromatic nitrogens is 1. The van der Waals surface area contributed by atoms with E-state index in [2.05, 4.69) is 79.4 Å². The molecule has 0 aliphatic heterocycles. The average molecular weight is 242 g/mol. The van der Waals surface area contributed by atoms with Crippen LogP contribution in [0.25, 0.3) is 0 Å². The van der Waals surface area contributed by atoms with Crippen molar-refractivity contribution in [2.24, 2.45) is 13.0 Å². The quantitative estimate of drug-likeness (QED) is 0.849. The van der Waals surface area contributed by atoms with Gasteiger partial charge in [-0.25, -0.2) is 0 Å². The molecule has 1 N–H and O–H groups in total. The molecular weight excluding hydrogens is 220 g/mol.